The van der Waals surface area contributed by atoms with Crippen LogP contribution in [0.25, 0.3) is 5.65 Å². The number of rotatable bonds is 7. The molecule has 9 heteroatoms. The minimum Gasteiger partial charge on any atom is -0.349 e. The predicted molar refractivity (Wildman–Crippen MR) is 104 cm³/mol. The number of nitrogens with zero attached hydrogens (tertiary/aromatic N) is 4. The second-order valence-electron chi connectivity index (χ2n) is 6.75. The van der Waals surface area contributed by atoms with Crippen molar-refractivity contribution < 1.29 is 14.4 Å². The van der Waals surface area contributed by atoms with Gasteiger partial charge in [-0.05, 0) is 24.1 Å². The number of carbonyl (C=O) groups excluding carboxylic acids is 3. The van der Waals surface area contributed by atoms with Gasteiger partial charge in [0.25, 0.3) is 5.91 Å². The van der Waals surface area contributed by atoms with Crippen LogP contribution in [0.2, 0.25) is 0 Å². The van der Waals surface area contributed by atoms with Crippen LogP contribution in [0, 0.1) is 0 Å². The molecule has 1 aliphatic rings. The molecule has 1 atom stereocenters. The Morgan fingerprint density at radius 3 is 2.69 bits per heavy atom. The van der Waals surface area contributed by atoms with E-state index in [2.05, 4.69) is 20.8 Å². The summed E-state index contributed by atoms with van der Waals surface area (Å²) in [6, 6.07) is 13.8. The van der Waals surface area contributed by atoms with Gasteiger partial charge in [-0.25, -0.2) is 4.79 Å². The SMILES string of the molecule is O=C(C[C@@H]1NC(=O)N(CCc2ccccc2)C1=O)NCc1nnc2ccccn12. The van der Waals surface area contributed by atoms with Crippen LogP contribution in [0.1, 0.15) is 17.8 Å². The molecular formula is C20H20N6O3. The first-order chi connectivity index (χ1) is 14.1. The molecule has 29 heavy (non-hydrogen) atoms. The molecule has 1 saturated heterocycles. The maximum atomic E-state index is 12.5. The monoisotopic (exact) mass is 392 g/mol. The van der Waals surface area contributed by atoms with Crippen molar-refractivity contribution in [3.63, 3.8) is 0 Å². The number of hydrogen-bond donors (Lipinski definition) is 2. The lowest BCUT2D eigenvalue weighted by molar-refractivity contribution is -0.130. The minimum absolute atomic E-state index is 0.122. The fourth-order valence-electron chi connectivity index (χ4n) is 3.26. The average molecular weight is 392 g/mol. The number of aromatic nitrogens is 3. The number of carbonyl (C=O) groups is 3. The van der Waals surface area contributed by atoms with E-state index in [4.69, 9.17) is 0 Å². The van der Waals surface area contributed by atoms with Gasteiger partial charge in [0, 0.05) is 12.7 Å². The van der Waals surface area contributed by atoms with E-state index in [9.17, 15) is 14.4 Å². The summed E-state index contributed by atoms with van der Waals surface area (Å²) < 4.78 is 1.77. The van der Waals surface area contributed by atoms with Crippen LogP contribution in [0.4, 0.5) is 4.79 Å². The van der Waals surface area contributed by atoms with Gasteiger partial charge in [-0.15, -0.1) is 10.2 Å². The Labute approximate surface area is 166 Å². The Morgan fingerprint density at radius 1 is 1.07 bits per heavy atom. The van der Waals surface area contributed by atoms with Gasteiger partial charge in [-0.2, -0.15) is 0 Å². The number of pyridine rings is 1. The van der Waals surface area contributed by atoms with E-state index >= 15 is 0 Å². The zero-order valence-corrected chi connectivity index (χ0v) is 15.6. The Bertz CT molecular complexity index is 1050. The van der Waals surface area contributed by atoms with Crippen molar-refractivity contribution >= 4 is 23.5 Å². The fourth-order valence-corrected chi connectivity index (χ4v) is 3.26. The molecule has 1 aromatic carbocycles. The number of nitrogens with one attached hydrogen (secondary N) is 2. The van der Waals surface area contributed by atoms with Crippen LogP contribution < -0.4 is 10.6 Å². The first-order valence-corrected chi connectivity index (χ1v) is 9.33. The standard InChI is InChI=1S/C20H20N6O3/c27-18(21-13-17-24-23-16-8-4-5-10-25(16)17)12-15-19(28)26(20(29)22-15)11-9-14-6-2-1-3-7-14/h1-8,10,15H,9,11-13H2,(H,21,27)(H,22,29)/t15-/m0/s1. The maximum Gasteiger partial charge on any atom is 0.324 e. The molecule has 3 heterocycles. The molecule has 3 aromatic rings. The third-order valence-electron chi connectivity index (χ3n) is 4.79. The predicted octanol–water partition coefficient (Wildman–Crippen LogP) is 0.899. The van der Waals surface area contributed by atoms with E-state index in [0.29, 0.717) is 17.9 Å². The van der Waals surface area contributed by atoms with Crippen LogP contribution in [-0.4, -0.2) is 49.9 Å². The van der Waals surface area contributed by atoms with E-state index in [1.54, 1.807) is 4.40 Å². The van der Waals surface area contributed by atoms with Crippen molar-refractivity contribution in [2.75, 3.05) is 6.54 Å². The quantitative estimate of drug-likeness (QED) is 0.581. The van der Waals surface area contributed by atoms with Gasteiger partial charge in [0.1, 0.15) is 6.04 Å². The van der Waals surface area contributed by atoms with E-state index in [0.717, 1.165) is 10.5 Å². The highest BCUT2D eigenvalue weighted by Crippen LogP contribution is 2.11. The number of fused-ring (bicyclic) bond motifs is 1. The van der Waals surface area contributed by atoms with E-state index in [1.807, 2.05) is 54.7 Å². The molecule has 0 aliphatic carbocycles. The third-order valence-corrected chi connectivity index (χ3v) is 4.79. The van der Waals surface area contributed by atoms with E-state index in [1.165, 1.54) is 0 Å². The number of hydrogen-bond acceptors (Lipinski definition) is 5. The first kappa shape index (κ1) is 18.6. The summed E-state index contributed by atoms with van der Waals surface area (Å²) in [4.78, 5) is 38.1. The highest BCUT2D eigenvalue weighted by molar-refractivity contribution is 6.05. The zero-order chi connectivity index (χ0) is 20.2. The molecule has 0 radical (unpaired) electrons. The first-order valence-electron chi connectivity index (χ1n) is 9.33. The Kier molecular flexibility index (Phi) is 5.19. The van der Waals surface area contributed by atoms with Crippen LogP contribution in [0.3, 0.4) is 0 Å². The number of benzene rings is 1. The van der Waals surface area contributed by atoms with Gasteiger partial charge in [-0.1, -0.05) is 36.4 Å². The zero-order valence-electron chi connectivity index (χ0n) is 15.6. The molecule has 148 valence electrons. The average Bonchev–Trinajstić information content (AvgIpc) is 3.26. The maximum absolute atomic E-state index is 12.5. The molecule has 0 spiro atoms. The molecule has 4 amide bonds. The van der Waals surface area contributed by atoms with E-state index in [-0.39, 0.29) is 31.3 Å². The molecule has 0 unspecified atom stereocenters. The Hall–Kier alpha value is -3.75. The van der Waals surface area contributed by atoms with Crippen LogP contribution in [0.5, 0.6) is 0 Å². The summed E-state index contributed by atoms with van der Waals surface area (Å²) in [7, 11) is 0. The smallest absolute Gasteiger partial charge is 0.324 e. The molecule has 2 aromatic heterocycles. The summed E-state index contributed by atoms with van der Waals surface area (Å²) in [6.07, 6.45) is 2.25. The summed E-state index contributed by atoms with van der Waals surface area (Å²) >= 11 is 0. The third kappa shape index (κ3) is 4.08. The van der Waals surface area contributed by atoms with Gasteiger partial charge in [0.05, 0.1) is 13.0 Å². The topological polar surface area (TPSA) is 109 Å². The normalized spacial score (nSPS) is 16.3. The molecule has 1 aliphatic heterocycles. The lowest BCUT2D eigenvalue weighted by atomic mass is 10.1. The molecule has 0 saturated carbocycles. The molecule has 0 bridgehead atoms. The van der Waals surface area contributed by atoms with Gasteiger partial charge in [0.15, 0.2) is 11.5 Å². The number of imide groups is 1. The largest absolute Gasteiger partial charge is 0.349 e. The van der Waals surface area contributed by atoms with Gasteiger partial charge in [-0.3, -0.25) is 18.9 Å². The molecular weight excluding hydrogens is 372 g/mol. The molecule has 4 rings (SSSR count). The van der Waals surface area contributed by atoms with Crippen molar-refractivity contribution in [1.82, 2.24) is 30.1 Å². The Morgan fingerprint density at radius 2 is 1.86 bits per heavy atom. The lowest BCUT2D eigenvalue weighted by Gasteiger charge is -2.13. The van der Waals surface area contributed by atoms with Gasteiger partial charge < -0.3 is 10.6 Å². The second kappa shape index (κ2) is 8.09. The lowest BCUT2D eigenvalue weighted by Crippen LogP contribution is -2.36. The molecule has 2 N–H and O–H groups in total. The fraction of sp³-hybridized carbons (Fsp3) is 0.250. The van der Waals surface area contributed by atoms with Gasteiger partial charge >= 0.3 is 6.03 Å². The molecule has 9 nitrogen and oxygen atoms in total. The Balaban J connectivity index is 1.30. The summed E-state index contributed by atoms with van der Waals surface area (Å²) in [5.74, 6) is -0.143. The second-order valence-corrected chi connectivity index (χ2v) is 6.75. The van der Waals surface area contributed by atoms with E-state index < -0.39 is 12.1 Å². The van der Waals surface area contributed by atoms with Gasteiger partial charge in [0.2, 0.25) is 5.91 Å². The van der Waals surface area contributed by atoms with Crippen LogP contribution >= 0.6 is 0 Å². The van der Waals surface area contributed by atoms with Crippen molar-refractivity contribution in [2.24, 2.45) is 0 Å². The summed E-state index contributed by atoms with van der Waals surface area (Å²) in [5.41, 5.74) is 1.72. The number of urea groups is 1. The van der Waals surface area contributed by atoms with Crippen molar-refractivity contribution in [3.05, 3.63) is 66.1 Å². The van der Waals surface area contributed by atoms with Crippen molar-refractivity contribution in [3.8, 4) is 0 Å². The van der Waals surface area contributed by atoms with Crippen LogP contribution in [-0.2, 0) is 22.6 Å². The van der Waals surface area contributed by atoms with Crippen molar-refractivity contribution in [2.45, 2.75) is 25.4 Å². The summed E-state index contributed by atoms with van der Waals surface area (Å²) in [6.45, 7) is 0.453. The summed E-state index contributed by atoms with van der Waals surface area (Å²) in [5, 5.41) is 13.4. The highest BCUT2D eigenvalue weighted by atomic mass is 16.2. The molecule has 1 fully saturated rings. The van der Waals surface area contributed by atoms with Crippen molar-refractivity contribution in [1.29, 1.82) is 0 Å². The van der Waals surface area contributed by atoms with Crippen LogP contribution in [0.15, 0.2) is 54.7 Å². The highest BCUT2D eigenvalue weighted by Gasteiger charge is 2.38. The number of amides is 4. The minimum atomic E-state index is -0.853.